The first-order valence-corrected chi connectivity index (χ1v) is 13.4. The van der Waals surface area contributed by atoms with Crippen molar-refractivity contribution in [3.8, 4) is 11.8 Å². The molecule has 8 heteroatoms. The van der Waals surface area contributed by atoms with Crippen LogP contribution < -0.4 is 16.0 Å². The van der Waals surface area contributed by atoms with E-state index in [9.17, 15) is 14.4 Å². The van der Waals surface area contributed by atoms with E-state index in [0.29, 0.717) is 23.2 Å². The Bertz CT molecular complexity index is 1610. The second-order valence-corrected chi connectivity index (χ2v) is 9.85. The molecule has 0 radical (unpaired) electrons. The first-order chi connectivity index (χ1) is 19.8. The summed E-state index contributed by atoms with van der Waals surface area (Å²) in [4.78, 5) is 42.8. The fourth-order valence-electron chi connectivity index (χ4n) is 4.47. The van der Waals surface area contributed by atoms with Gasteiger partial charge in [-0.05, 0) is 73.7 Å². The summed E-state index contributed by atoms with van der Waals surface area (Å²) in [7, 11) is 2.06. The molecule has 0 saturated heterocycles. The Balaban J connectivity index is 0.000000216. The minimum atomic E-state index is -0.802. The Labute approximate surface area is 240 Å². The lowest BCUT2D eigenvalue weighted by atomic mass is 10.0. The SMILES string of the molecule is CNC1(c2ccc3ccccc3c2)CC1.Cc1cc(C)nc(C#CCNC(=O)C(=O)NCc2ccccc2C=O)n1. The Hall–Kier alpha value is -4.87. The number of fused-ring (bicyclic) bond motifs is 1. The Morgan fingerprint density at radius 2 is 1.54 bits per heavy atom. The number of hydrogen-bond acceptors (Lipinski definition) is 6. The zero-order chi connectivity index (χ0) is 29.2. The maximum Gasteiger partial charge on any atom is 0.310 e. The monoisotopic (exact) mass is 547 g/mol. The van der Waals surface area contributed by atoms with Gasteiger partial charge in [-0.25, -0.2) is 9.97 Å². The lowest BCUT2D eigenvalue weighted by Crippen LogP contribution is -2.39. The second-order valence-electron chi connectivity index (χ2n) is 9.85. The number of carbonyl (C=O) groups is 3. The minimum absolute atomic E-state index is 0.00642. The van der Waals surface area contributed by atoms with E-state index in [2.05, 4.69) is 87.3 Å². The third-order valence-corrected chi connectivity index (χ3v) is 6.88. The summed E-state index contributed by atoms with van der Waals surface area (Å²) in [5, 5.41) is 11.0. The molecule has 3 aromatic carbocycles. The summed E-state index contributed by atoms with van der Waals surface area (Å²) in [6.07, 6.45) is 3.23. The molecule has 1 saturated carbocycles. The van der Waals surface area contributed by atoms with Gasteiger partial charge in [-0.3, -0.25) is 14.4 Å². The van der Waals surface area contributed by atoms with Crippen LogP contribution in [0.25, 0.3) is 10.8 Å². The molecule has 1 fully saturated rings. The van der Waals surface area contributed by atoms with Gasteiger partial charge >= 0.3 is 11.8 Å². The standard InChI is InChI=1S/C19H18N4O3.C14H15N/c1-13-10-14(2)23-17(22-13)8-5-9-20-18(25)19(26)21-11-15-6-3-4-7-16(15)12-24;1-15-14(8-9-14)13-7-6-11-4-2-3-5-12(11)10-13/h3-4,6-7,10,12H,9,11H2,1-2H3,(H,20,25)(H,21,26);2-7,10,15H,8-9H2,1H3. The smallest absolute Gasteiger partial charge is 0.310 e. The van der Waals surface area contributed by atoms with Crippen LogP contribution in [0.5, 0.6) is 0 Å². The number of nitrogens with one attached hydrogen (secondary N) is 3. The van der Waals surface area contributed by atoms with Gasteiger partial charge in [0, 0.05) is 29.0 Å². The number of carbonyl (C=O) groups excluding carboxylic acids is 3. The average molecular weight is 548 g/mol. The molecule has 1 aliphatic rings. The van der Waals surface area contributed by atoms with Gasteiger partial charge in [0.15, 0.2) is 0 Å². The number of rotatable bonds is 6. The van der Waals surface area contributed by atoms with E-state index in [4.69, 9.17) is 0 Å². The third-order valence-electron chi connectivity index (χ3n) is 6.88. The highest BCUT2D eigenvalue weighted by molar-refractivity contribution is 6.35. The fraction of sp³-hybridized carbons (Fsp3) is 0.242. The van der Waals surface area contributed by atoms with Crippen molar-refractivity contribution in [3.63, 3.8) is 0 Å². The molecule has 208 valence electrons. The van der Waals surface area contributed by atoms with Gasteiger partial charge in [-0.1, -0.05) is 66.6 Å². The van der Waals surface area contributed by atoms with E-state index in [1.165, 1.54) is 29.2 Å². The van der Waals surface area contributed by atoms with Crippen molar-refractivity contribution >= 4 is 28.9 Å². The third kappa shape index (κ3) is 7.84. The van der Waals surface area contributed by atoms with Crippen LogP contribution in [0.15, 0.2) is 72.8 Å². The molecule has 2 amide bonds. The normalized spacial score (nSPS) is 12.7. The molecule has 0 atom stereocenters. The summed E-state index contributed by atoms with van der Waals surface area (Å²) in [5.74, 6) is 4.21. The quantitative estimate of drug-likeness (QED) is 0.193. The Kier molecular flexibility index (Phi) is 9.56. The van der Waals surface area contributed by atoms with Crippen molar-refractivity contribution < 1.29 is 14.4 Å². The number of nitrogens with zero attached hydrogens (tertiary/aromatic N) is 2. The zero-order valence-electron chi connectivity index (χ0n) is 23.5. The second kappa shape index (κ2) is 13.5. The molecule has 4 aromatic rings. The summed E-state index contributed by atoms with van der Waals surface area (Å²) in [6, 6.07) is 24.0. The number of aromatic nitrogens is 2. The van der Waals surface area contributed by atoms with E-state index in [1.807, 2.05) is 19.9 Å². The molecule has 0 spiro atoms. The molecule has 3 N–H and O–H groups in total. The summed E-state index contributed by atoms with van der Waals surface area (Å²) in [5.41, 5.74) is 4.43. The van der Waals surface area contributed by atoms with Crippen molar-refractivity contribution in [2.45, 2.75) is 38.8 Å². The summed E-state index contributed by atoms with van der Waals surface area (Å²) < 4.78 is 0. The molecule has 8 nitrogen and oxygen atoms in total. The first kappa shape index (κ1) is 29.1. The van der Waals surface area contributed by atoms with Crippen LogP contribution in [0.2, 0.25) is 0 Å². The molecule has 1 aliphatic carbocycles. The highest BCUT2D eigenvalue weighted by atomic mass is 16.2. The van der Waals surface area contributed by atoms with Crippen LogP contribution in [-0.2, 0) is 21.7 Å². The van der Waals surface area contributed by atoms with Crippen molar-refractivity contribution in [1.82, 2.24) is 25.9 Å². The molecule has 0 unspecified atom stereocenters. The summed E-state index contributed by atoms with van der Waals surface area (Å²) in [6.45, 7) is 3.76. The van der Waals surface area contributed by atoms with Crippen LogP contribution >= 0.6 is 0 Å². The van der Waals surface area contributed by atoms with Crippen LogP contribution in [-0.4, -0.2) is 41.7 Å². The predicted octanol–water partition coefficient (Wildman–Crippen LogP) is 3.74. The van der Waals surface area contributed by atoms with E-state index < -0.39 is 11.8 Å². The van der Waals surface area contributed by atoms with Gasteiger partial charge in [-0.2, -0.15) is 0 Å². The maximum atomic E-state index is 11.8. The van der Waals surface area contributed by atoms with Gasteiger partial charge in [0.1, 0.15) is 6.29 Å². The summed E-state index contributed by atoms with van der Waals surface area (Å²) >= 11 is 0. The number of benzene rings is 3. The first-order valence-electron chi connectivity index (χ1n) is 13.4. The number of aryl methyl sites for hydroxylation is 2. The van der Waals surface area contributed by atoms with Crippen LogP contribution in [0.4, 0.5) is 0 Å². The molecule has 0 aliphatic heterocycles. The van der Waals surface area contributed by atoms with Gasteiger partial charge < -0.3 is 16.0 Å². The van der Waals surface area contributed by atoms with E-state index in [1.54, 1.807) is 24.3 Å². The Morgan fingerprint density at radius 1 is 0.878 bits per heavy atom. The van der Waals surface area contributed by atoms with Crippen LogP contribution in [0.1, 0.15) is 51.5 Å². The van der Waals surface area contributed by atoms with E-state index >= 15 is 0 Å². The van der Waals surface area contributed by atoms with Crippen molar-refractivity contribution in [2.75, 3.05) is 13.6 Å². The number of amides is 2. The highest BCUT2D eigenvalue weighted by Gasteiger charge is 2.42. The van der Waals surface area contributed by atoms with Gasteiger partial charge in [0.25, 0.3) is 0 Å². The molecule has 41 heavy (non-hydrogen) atoms. The topological polar surface area (TPSA) is 113 Å². The number of hydrogen-bond donors (Lipinski definition) is 3. The fourth-order valence-corrected chi connectivity index (χ4v) is 4.47. The lowest BCUT2D eigenvalue weighted by molar-refractivity contribution is -0.139. The molecule has 5 rings (SSSR count). The van der Waals surface area contributed by atoms with Crippen LogP contribution in [0, 0.1) is 25.7 Å². The van der Waals surface area contributed by atoms with Crippen molar-refractivity contribution in [2.24, 2.45) is 0 Å². The highest BCUT2D eigenvalue weighted by Crippen LogP contribution is 2.45. The number of aldehydes is 1. The van der Waals surface area contributed by atoms with E-state index in [0.717, 1.165) is 11.4 Å². The van der Waals surface area contributed by atoms with Crippen molar-refractivity contribution in [3.05, 3.63) is 107 Å². The molecular weight excluding hydrogens is 514 g/mol. The largest absolute Gasteiger partial charge is 0.344 e. The molecule has 1 heterocycles. The van der Waals surface area contributed by atoms with Crippen molar-refractivity contribution in [1.29, 1.82) is 0 Å². The van der Waals surface area contributed by atoms with Gasteiger partial charge in [-0.15, -0.1) is 0 Å². The predicted molar refractivity (Wildman–Crippen MR) is 159 cm³/mol. The molecular formula is C33H33N5O3. The Morgan fingerprint density at radius 3 is 2.22 bits per heavy atom. The lowest BCUT2D eigenvalue weighted by Gasteiger charge is -2.15. The molecule has 1 aromatic heterocycles. The average Bonchev–Trinajstić information content (AvgIpc) is 3.79. The zero-order valence-corrected chi connectivity index (χ0v) is 23.5. The minimum Gasteiger partial charge on any atom is -0.344 e. The van der Waals surface area contributed by atoms with Gasteiger partial charge in [0.2, 0.25) is 5.82 Å². The van der Waals surface area contributed by atoms with Crippen LogP contribution in [0.3, 0.4) is 0 Å². The van der Waals surface area contributed by atoms with Gasteiger partial charge in [0.05, 0.1) is 6.54 Å². The molecule has 0 bridgehead atoms. The van der Waals surface area contributed by atoms with E-state index in [-0.39, 0.29) is 18.6 Å². The maximum absolute atomic E-state index is 11.8.